The van der Waals surface area contributed by atoms with Gasteiger partial charge >= 0.3 is 0 Å². The van der Waals surface area contributed by atoms with E-state index in [1.165, 1.54) is 5.75 Å². The summed E-state index contributed by atoms with van der Waals surface area (Å²) in [6, 6.07) is 0. The van der Waals surface area contributed by atoms with Crippen LogP contribution in [0, 0.1) is 0 Å². The number of rotatable bonds is 4. The van der Waals surface area contributed by atoms with Crippen molar-refractivity contribution in [3.8, 4) is 0 Å². The van der Waals surface area contributed by atoms with Gasteiger partial charge in [0.05, 0.1) is 18.1 Å². The van der Waals surface area contributed by atoms with Crippen LogP contribution in [0.15, 0.2) is 12.4 Å². The fourth-order valence-electron chi connectivity index (χ4n) is 2.19. The summed E-state index contributed by atoms with van der Waals surface area (Å²) in [7, 11) is 0. The number of anilines is 1. The van der Waals surface area contributed by atoms with Gasteiger partial charge < -0.3 is 5.32 Å². The quantitative estimate of drug-likeness (QED) is 0.905. The molecule has 1 aliphatic rings. The van der Waals surface area contributed by atoms with E-state index in [9.17, 15) is 0 Å². The number of hydrogen-bond donors (Lipinski definition) is 1. The third kappa shape index (κ3) is 3.85. The Morgan fingerprint density at radius 1 is 1.39 bits per heavy atom. The van der Waals surface area contributed by atoms with E-state index in [-0.39, 0.29) is 0 Å². The Kier molecular flexibility index (Phi) is 4.45. The van der Waals surface area contributed by atoms with Crippen molar-refractivity contribution in [2.45, 2.75) is 32.1 Å². The monoisotopic (exact) mass is 266 g/mol. The topological polar surface area (TPSA) is 41.1 Å². The van der Waals surface area contributed by atoms with Gasteiger partial charge in [0.1, 0.15) is 5.82 Å². The molecule has 0 aliphatic carbocycles. The summed E-state index contributed by atoms with van der Waals surface area (Å²) in [6.45, 7) is 10.7. The number of thioether (sulfide) groups is 1. The number of aromatic nitrogens is 2. The first-order valence-electron chi connectivity index (χ1n) is 6.50. The number of nitrogens with zero attached hydrogens (tertiary/aromatic N) is 3. The normalized spacial score (nSPS) is 19.7. The molecule has 1 aromatic rings. The van der Waals surface area contributed by atoms with Gasteiger partial charge in [-0.3, -0.25) is 9.88 Å². The van der Waals surface area contributed by atoms with Crippen molar-refractivity contribution in [2.24, 2.45) is 0 Å². The minimum atomic E-state index is 0.357. The maximum atomic E-state index is 4.47. The van der Waals surface area contributed by atoms with E-state index >= 15 is 0 Å². The Hall–Kier alpha value is -0.810. The third-order valence-electron chi connectivity index (χ3n) is 2.95. The highest BCUT2D eigenvalue weighted by Gasteiger charge is 2.26. The molecule has 0 saturated carbocycles. The molecule has 4 nitrogen and oxygen atoms in total. The molecular weight excluding hydrogens is 244 g/mol. The zero-order valence-electron chi connectivity index (χ0n) is 11.4. The molecule has 0 aromatic carbocycles. The lowest BCUT2D eigenvalue weighted by Crippen LogP contribution is -2.42. The molecule has 1 N–H and O–H groups in total. The average molecular weight is 266 g/mol. The summed E-state index contributed by atoms with van der Waals surface area (Å²) in [4.78, 5) is 11.3. The second kappa shape index (κ2) is 5.89. The van der Waals surface area contributed by atoms with Gasteiger partial charge in [-0.2, -0.15) is 11.8 Å². The summed E-state index contributed by atoms with van der Waals surface area (Å²) in [5, 5.41) is 3.16. The molecule has 2 heterocycles. The molecule has 1 aliphatic heterocycles. The van der Waals surface area contributed by atoms with E-state index in [1.807, 2.05) is 12.4 Å². The van der Waals surface area contributed by atoms with Gasteiger partial charge in [0.2, 0.25) is 0 Å². The molecule has 0 spiro atoms. The fraction of sp³-hybridized carbons (Fsp3) is 0.692. The summed E-state index contributed by atoms with van der Waals surface area (Å²) in [5.41, 5.74) is 1.05. The second-order valence-corrected chi connectivity index (χ2v) is 7.04. The molecule has 5 heteroatoms. The Bertz CT molecular complexity index is 377. The van der Waals surface area contributed by atoms with Gasteiger partial charge in [0.15, 0.2) is 0 Å². The summed E-state index contributed by atoms with van der Waals surface area (Å²) >= 11 is 2.06. The SMILES string of the molecule is CCNc1cnc(CN2CCSC(C)(C)C2)cn1. The van der Waals surface area contributed by atoms with Crippen LogP contribution in [0.25, 0.3) is 0 Å². The number of hydrogen-bond acceptors (Lipinski definition) is 5. The van der Waals surface area contributed by atoms with E-state index < -0.39 is 0 Å². The van der Waals surface area contributed by atoms with E-state index in [0.29, 0.717) is 4.75 Å². The second-order valence-electron chi connectivity index (χ2n) is 5.24. The molecule has 0 unspecified atom stereocenters. The Labute approximate surface area is 114 Å². The van der Waals surface area contributed by atoms with Gasteiger partial charge in [-0.15, -0.1) is 0 Å². The fourth-order valence-corrected chi connectivity index (χ4v) is 3.36. The smallest absolute Gasteiger partial charge is 0.144 e. The minimum absolute atomic E-state index is 0.357. The van der Waals surface area contributed by atoms with Gasteiger partial charge in [-0.05, 0) is 20.8 Å². The molecule has 0 bridgehead atoms. The number of nitrogens with one attached hydrogen (secondary N) is 1. The Morgan fingerprint density at radius 3 is 2.83 bits per heavy atom. The van der Waals surface area contributed by atoms with E-state index in [4.69, 9.17) is 0 Å². The van der Waals surface area contributed by atoms with Crippen LogP contribution < -0.4 is 5.32 Å². The average Bonchev–Trinajstić information content (AvgIpc) is 2.31. The van der Waals surface area contributed by atoms with Gasteiger partial charge in [-0.25, -0.2) is 4.98 Å². The highest BCUT2D eigenvalue weighted by molar-refractivity contribution is 8.00. The van der Waals surface area contributed by atoms with Crippen LogP contribution in [0.1, 0.15) is 26.5 Å². The molecule has 1 saturated heterocycles. The van der Waals surface area contributed by atoms with Gasteiger partial charge in [-0.1, -0.05) is 0 Å². The molecule has 100 valence electrons. The molecule has 1 aromatic heterocycles. The van der Waals surface area contributed by atoms with Crippen LogP contribution in [-0.2, 0) is 6.54 Å². The lowest BCUT2D eigenvalue weighted by Gasteiger charge is -2.37. The van der Waals surface area contributed by atoms with Crippen LogP contribution in [-0.4, -0.2) is 45.0 Å². The third-order valence-corrected chi connectivity index (χ3v) is 4.25. The highest BCUT2D eigenvalue weighted by Crippen LogP contribution is 2.29. The first kappa shape index (κ1) is 13.6. The predicted octanol–water partition coefficient (Wildman–Crippen LogP) is 2.24. The van der Waals surface area contributed by atoms with Crippen molar-refractivity contribution in [1.82, 2.24) is 14.9 Å². The minimum Gasteiger partial charge on any atom is -0.369 e. The first-order chi connectivity index (χ1) is 8.59. The lowest BCUT2D eigenvalue weighted by molar-refractivity contribution is 0.249. The summed E-state index contributed by atoms with van der Waals surface area (Å²) < 4.78 is 0.357. The van der Waals surface area contributed by atoms with Gasteiger partial charge in [0.25, 0.3) is 0 Å². The first-order valence-corrected chi connectivity index (χ1v) is 7.49. The molecule has 2 rings (SSSR count). The van der Waals surface area contributed by atoms with Crippen molar-refractivity contribution in [3.63, 3.8) is 0 Å². The predicted molar refractivity (Wildman–Crippen MR) is 78.0 cm³/mol. The van der Waals surface area contributed by atoms with Crippen LogP contribution in [0.3, 0.4) is 0 Å². The van der Waals surface area contributed by atoms with Crippen LogP contribution in [0.2, 0.25) is 0 Å². The molecule has 1 fully saturated rings. The highest BCUT2D eigenvalue weighted by atomic mass is 32.2. The maximum absolute atomic E-state index is 4.47. The lowest BCUT2D eigenvalue weighted by atomic mass is 10.2. The Balaban J connectivity index is 1.92. The summed E-state index contributed by atoms with van der Waals surface area (Å²) in [6.07, 6.45) is 3.70. The van der Waals surface area contributed by atoms with Crippen molar-refractivity contribution in [2.75, 3.05) is 30.7 Å². The Morgan fingerprint density at radius 2 is 2.22 bits per heavy atom. The standard InChI is InChI=1S/C13H22N4S/c1-4-14-12-8-15-11(7-16-12)9-17-5-6-18-13(2,3)10-17/h7-8H,4-6,9-10H2,1-3H3,(H,14,16). The molecule has 0 radical (unpaired) electrons. The van der Waals surface area contributed by atoms with Crippen molar-refractivity contribution in [1.29, 1.82) is 0 Å². The van der Waals surface area contributed by atoms with Crippen molar-refractivity contribution < 1.29 is 0 Å². The maximum Gasteiger partial charge on any atom is 0.144 e. The van der Waals surface area contributed by atoms with Gasteiger partial charge in [0, 0.05) is 36.7 Å². The molecule has 0 amide bonds. The largest absolute Gasteiger partial charge is 0.369 e. The molecule has 18 heavy (non-hydrogen) atoms. The van der Waals surface area contributed by atoms with Crippen LogP contribution in [0.5, 0.6) is 0 Å². The van der Waals surface area contributed by atoms with Crippen molar-refractivity contribution in [3.05, 3.63) is 18.1 Å². The van der Waals surface area contributed by atoms with Crippen LogP contribution in [0.4, 0.5) is 5.82 Å². The van der Waals surface area contributed by atoms with E-state index in [1.54, 1.807) is 0 Å². The molecule has 0 atom stereocenters. The summed E-state index contributed by atoms with van der Waals surface area (Å²) in [5.74, 6) is 2.06. The van der Waals surface area contributed by atoms with E-state index in [2.05, 4.69) is 52.7 Å². The van der Waals surface area contributed by atoms with Crippen LogP contribution >= 0.6 is 11.8 Å². The van der Waals surface area contributed by atoms with Crippen molar-refractivity contribution >= 4 is 17.6 Å². The van der Waals surface area contributed by atoms with E-state index in [0.717, 1.165) is 37.7 Å². The zero-order chi connectivity index (χ0) is 13.0. The zero-order valence-corrected chi connectivity index (χ0v) is 12.3. The molecular formula is C13H22N4S.